The Kier molecular flexibility index (Phi) is 3.34. The van der Waals surface area contributed by atoms with E-state index in [1.165, 1.54) is 6.07 Å². The molecule has 0 amide bonds. The molecule has 1 saturated carbocycles. The Morgan fingerprint density at radius 1 is 1.25 bits per heavy atom. The first kappa shape index (κ1) is 13.3. The number of aryl methyl sites for hydroxylation is 1. The molecule has 1 aliphatic rings. The van der Waals surface area contributed by atoms with Gasteiger partial charge in [-0.3, -0.25) is 0 Å². The lowest BCUT2D eigenvalue weighted by atomic mass is 10.2. The van der Waals surface area contributed by atoms with Crippen molar-refractivity contribution >= 4 is 11.6 Å². The van der Waals surface area contributed by atoms with Crippen molar-refractivity contribution in [2.45, 2.75) is 32.6 Å². The summed E-state index contributed by atoms with van der Waals surface area (Å²) in [6.07, 6.45) is 2.16. The van der Waals surface area contributed by atoms with Crippen LogP contribution in [0.3, 0.4) is 0 Å². The molecule has 5 heteroatoms. The molecule has 2 aromatic rings. The van der Waals surface area contributed by atoms with E-state index >= 15 is 0 Å². The van der Waals surface area contributed by atoms with Gasteiger partial charge in [-0.15, -0.1) is 0 Å². The Morgan fingerprint density at radius 2 is 2.00 bits per heavy atom. The molecule has 104 valence electrons. The molecule has 1 aromatic heterocycles. The first-order chi connectivity index (χ1) is 9.54. The van der Waals surface area contributed by atoms with E-state index in [0.717, 1.165) is 12.8 Å². The third-order valence-electron chi connectivity index (χ3n) is 3.36. The van der Waals surface area contributed by atoms with Crippen LogP contribution in [0.1, 0.15) is 35.7 Å². The van der Waals surface area contributed by atoms with Gasteiger partial charge in [0.1, 0.15) is 22.5 Å². The number of nitrogens with zero attached hydrogens (tertiary/aromatic N) is 2. The van der Waals surface area contributed by atoms with Gasteiger partial charge in [-0.25, -0.2) is 9.37 Å². The van der Waals surface area contributed by atoms with Gasteiger partial charge in [0, 0.05) is 17.5 Å². The molecule has 0 saturated heterocycles. The van der Waals surface area contributed by atoms with E-state index in [-0.39, 0.29) is 5.82 Å². The van der Waals surface area contributed by atoms with Gasteiger partial charge in [-0.1, -0.05) is 17.7 Å². The van der Waals surface area contributed by atoms with Crippen molar-refractivity contribution in [1.82, 2.24) is 9.97 Å². The van der Waals surface area contributed by atoms with E-state index in [1.54, 1.807) is 26.0 Å². The highest BCUT2D eigenvalue weighted by Gasteiger charge is 2.28. The van der Waals surface area contributed by atoms with Crippen LogP contribution in [0, 0.1) is 19.7 Å². The summed E-state index contributed by atoms with van der Waals surface area (Å²) >= 11 is 6.11. The molecule has 0 N–H and O–H groups in total. The van der Waals surface area contributed by atoms with E-state index < -0.39 is 0 Å². The molecule has 0 aliphatic heterocycles. The lowest BCUT2D eigenvalue weighted by molar-refractivity contribution is 0.449. The minimum Gasteiger partial charge on any atom is -0.438 e. The van der Waals surface area contributed by atoms with Crippen LogP contribution in [0.25, 0.3) is 0 Å². The number of benzene rings is 1. The van der Waals surface area contributed by atoms with Crippen LogP contribution < -0.4 is 4.74 Å². The van der Waals surface area contributed by atoms with E-state index in [1.807, 2.05) is 0 Å². The normalized spacial score (nSPS) is 14.4. The van der Waals surface area contributed by atoms with Crippen molar-refractivity contribution < 1.29 is 9.13 Å². The molecular formula is C15H14ClFN2O. The Bertz CT molecular complexity index is 671. The summed E-state index contributed by atoms with van der Waals surface area (Å²) in [4.78, 5) is 8.67. The van der Waals surface area contributed by atoms with E-state index in [0.29, 0.717) is 39.7 Å². The summed E-state index contributed by atoms with van der Waals surface area (Å²) in [6, 6.07) is 4.73. The zero-order valence-corrected chi connectivity index (χ0v) is 12.0. The maximum atomic E-state index is 13.5. The van der Waals surface area contributed by atoms with Gasteiger partial charge < -0.3 is 4.74 Å². The third-order valence-corrected chi connectivity index (χ3v) is 3.73. The molecule has 3 nitrogen and oxygen atoms in total. The molecule has 0 atom stereocenters. The van der Waals surface area contributed by atoms with Crippen molar-refractivity contribution in [2.75, 3.05) is 0 Å². The fourth-order valence-corrected chi connectivity index (χ4v) is 2.03. The van der Waals surface area contributed by atoms with Crippen LogP contribution in [-0.2, 0) is 0 Å². The van der Waals surface area contributed by atoms with Crippen molar-refractivity contribution in [2.24, 2.45) is 0 Å². The number of aromatic nitrogens is 2. The molecule has 0 radical (unpaired) electrons. The average Bonchev–Trinajstić information content (AvgIpc) is 3.23. The predicted octanol–water partition coefficient (Wildman–Crippen LogP) is 4.56. The van der Waals surface area contributed by atoms with Crippen molar-refractivity contribution in [3.05, 3.63) is 46.1 Å². The van der Waals surface area contributed by atoms with Crippen LogP contribution >= 0.6 is 11.6 Å². The first-order valence-corrected chi connectivity index (χ1v) is 6.90. The van der Waals surface area contributed by atoms with E-state index in [4.69, 9.17) is 16.3 Å². The molecule has 3 rings (SSSR count). The number of rotatable bonds is 3. The smallest absolute Gasteiger partial charge is 0.226 e. The second kappa shape index (κ2) is 5.02. The first-order valence-electron chi connectivity index (χ1n) is 6.52. The van der Waals surface area contributed by atoms with E-state index in [9.17, 15) is 4.39 Å². The molecular weight excluding hydrogens is 279 g/mol. The van der Waals surface area contributed by atoms with Gasteiger partial charge in [0.25, 0.3) is 0 Å². The van der Waals surface area contributed by atoms with Crippen LogP contribution in [0.2, 0.25) is 5.15 Å². The summed E-state index contributed by atoms with van der Waals surface area (Å²) in [5.41, 5.74) is 1.24. The van der Waals surface area contributed by atoms with Gasteiger partial charge in [0.05, 0.1) is 0 Å². The summed E-state index contributed by atoms with van der Waals surface area (Å²) in [5.74, 6) is 1.60. The zero-order valence-electron chi connectivity index (χ0n) is 11.3. The van der Waals surface area contributed by atoms with Crippen LogP contribution in [0.5, 0.6) is 11.6 Å². The topological polar surface area (TPSA) is 35.0 Å². The van der Waals surface area contributed by atoms with Crippen LogP contribution in [0.15, 0.2) is 18.2 Å². The molecule has 20 heavy (non-hydrogen) atoms. The Labute approximate surface area is 121 Å². The lowest BCUT2D eigenvalue weighted by Gasteiger charge is -2.10. The lowest BCUT2D eigenvalue weighted by Crippen LogP contribution is -2.00. The molecule has 0 spiro atoms. The molecule has 1 heterocycles. The number of hydrogen-bond donors (Lipinski definition) is 0. The Balaban J connectivity index is 1.94. The highest BCUT2D eigenvalue weighted by molar-refractivity contribution is 6.30. The summed E-state index contributed by atoms with van der Waals surface area (Å²) < 4.78 is 19.2. The van der Waals surface area contributed by atoms with Gasteiger partial charge >= 0.3 is 0 Å². The SMILES string of the molecule is Cc1ccc(Oc2nc(C3CC3)nc(Cl)c2C)cc1F. The second-order valence-corrected chi connectivity index (χ2v) is 5.45. The van der Waals surface area contributed by atoms with Gasteiger partial charge in [0.2, 0.25) is 5.88 Å². The minimum absolute atomic E-state index is 0.303. The van der Waals surface area contributed by atoms with Gasteiger partial charge in [-0.2, -0.15) is 4.98 Å². The summed E-state index contributed by atoms with van der Waals surface area (Å²) in [7, 11) is 0. The maximum absolute atomic E-state index is 13.5. The standard InChI is InChI=1S/C15H14ClFN2O/c1-8-3-6-11(7-12(8)17)20-15-9(2)13(16)18-14(19-15)10-4-5-10/h3,6-7,10H,4-5H2,1-2H3. The van der Waals surface area contributed by atoms with Gasteiger partial charge in [0.15, 0.2) is 0 Å². The third kappa shape index (κ3) is 2.61. The zero-order chi connectivity index (χ0) is 14.3. The van der Waals surface area contributed by atoms with Crippen LogP contribution in [0.4, 0.5) is 4.39 Å². The minimum atomic E-state index is -0.303. The second-order valence-electron chi connectivity index (χ2n) is 5.09. The molecule has 0 unspecified atom stereocenters. The Hall–Kier alpha value is -1.68. The van der Waals surface area contributed by atoms with Crippen molar-refractivity contribution in [1.29, 1.82) is 0 Å². The highest BCUT2D eigenvalue weighted by atomic mass is 35.5. The maximum Gasteiger partial charge on any atom is 0.226 e. The van der Waals surface area contributed by atoms with Crippen molar-refractivity contribution in [3.8, 4) is 11.6 Å². The predicted molar refractivity (Wildman–Crippen MR) is 75.0 cm³/mol. The molecule has 1 fully saturated rings. The fourth-order valence-electron chi connectivity index (χ4n) is 1.86. The van der Waals surface area contributed by atoms with Crippen molar-refractivity contribution in [3.63, 3.8) is 0 Å². The summed E-state index contributed by atoms with van der Waals surface area (Å²) in [5, 5.41) is 0.393. The highest BCUT2D eigenvalue weighted by Crippen LogP contribution is 2.40. The fraction of sp³-hybridized carbons (Fsp3) is 0.333. The number of hydrogen-bond acceptors (Lipinski definition) is 3. The Morgan fingerprint density at radius 3 is 2.65 bits per heavy atom. The molecule has 1 aromatic carbocycles. The quantitative estimate of drug-likeness (QED) is 0.778. The average molecular weight is 293 g/mol. The summed E-state index contributed by atoms with van der Waals surface area (Å²) in [6.45, 7) is 3.50. The molecule has 0 bridgehead atoms. The largest absolute Gasteiger partial charge is 0.438 e. The van der Waals surface area contributed by atoms with E-state index in [2.05, 4.69) is 9.97 Å². The van der Waals surface area contributed by atoms with Crippen LogP contribution in [-0.4, -0.2) is 9.97 Å². The number of halogens is 2. The van der Waals surface area contributed by atoms with Gasteiger partial charge in [-0.05, 0) is 38.3 Å². The molecule has 1 aliphatic carbocycles. The monoisotopic (exact) mass is 292 g/mol. The number of ether oxygens (including phenoxy) is 1.